The average Bonchev–Trinajstić information content (AvgIpc) is 2.66. The van der Waals surface area contributed by atoms with E-state index in [4.69, 9.17) is 4.74 Å². The van der Waals surface area contributed by atoms with Gasteiger partial charge >= 0.3 is 0 Å². The van der Waals surface area contributed by atoms with Crippen LogP contribution < -0.4 is 10.2 Å². The molecule has 9 heteroatoms. The van der Waals surface area contributed by atoms with Crippen LogP contribution >= 0.6 is 11.8 Å². The van der Waals surface area contributed by atoms with E-state index in [1.807, 2.05) is 34.6 Å². The summed E-state index contributed by atoms with van der Waals surface area (Å²) in [5.41, 5.74) is 1.46. The first kappa shape index (κ1) is 24.5. The smallest absolute Gasteiger partial charge is 0.263 e. The highest BCUT2D eigenvalue weighted by Gasteiger charge is 2.52. The Labute approximate surface area is 183 Å². The topological polar surface area (TPSA) is 95.9 Å². The molecule has 166 valence electrons. The lowest BCUT2D eigenvalue weighted by Crippen LogP contribution is -2.64. The van der Waals surface area contributed by atoms with Gasteiger partial charge in [-0.1, -0.05) is 26.7 Å². The van der Waals surface area contributed by atoms with E-state index >= 15 is 0 Å². The van der Waals surface area contributed by atoms with E-state index < -0.39 is 26.7 Å². The zero-order chi connectivity index (χ0) is 22.7. The Kier molecular flexibility index (Phi) is 7.51. The summed E-state index contributed by atoms with van der Waals surface area (Å²) in [5, 5.41) is 9.24. The first-order valence-corrected chi connectivity index (χ1v) is 11.9. The lowest BCUT2D eigenvalue weighted by molar-refractivity contribution is -0.134. The maximum atomic E-state index is 13.5. The van der Waals surface area contributed by atoms with Gasteiger partial charge in [0.2, 0.25) is 10.0 Å². The second-order valence-electron chi connectivity index (χ2n) is 8.72. The average molecular weight is 455 g/mol. The molecular formula is C21H30N2O5S2. The Morgan fingerprint density at radius 3 is 2.43 bits per heavy atom. The third-order valence-corrected chi connectivity index (χ3v) is 8.80. The number of nitrogens with zero attached hydrogens (tertiary/aromatic N) is 1. The quantitative estimate of drug-likeness (QED) is 0.404. The minimum atomic E-state index is -4.01. The lowest BCUT2D eigenvalue weighted by Gasteiger charge is -2.50. The van der Waals surface area contributed by atoms with Gasteiger partial charge in [0, 0.05) is 16.5 Å². The largest absolute Gasteiger partial charge is 0.481 e. The number of nitrogens with one attached hydrogen (secondary N) is 1. The van der Waals surface area contributed by atoms with Crippen LogP contribution in [0.4, 0.5) is 0 Å². The first-order valence-electron chi connectivity index (χ1n) is 9.60. The van der Waals surface area contributed by atoms with Crippen molar-refractivity contribution in [3.8, 4) is 17.6 Å². The normalized spacial score (nSPS) is 22.0. The summed E-state index contributed by atoms with van der Waals surface area (Å²) in [7, 11) is -4.01. The van der Waals surface area contributed by atoms with Crippen molar-refractivity contribution in [2.24, 2.45) is 5.41 Å². The fraction of sp³-hybridized carbons (Fsp3) is 0.571. The molecule has 1 heterocycles. The molecule has 30 heavy (non-hydrogen) atoms. The Bertz CT molecular complexity index is 925. The van der Waals surface area contributed by atoms with Crippen molar-refractivity contribution in [2.75, 3.05) is 13.2 Å². The highest BCUT2D eigenvalue weighted by molar-refractivity contribution is 8.01. The van der Waals surface area contributed by atoms with E-state index in [1.54, 1.807) is 36.3 Å². The van der Waals surface area contributed by atoms with Gasteiger partial charge < -0.3 is 4.74 Å². The number of hydrogen-bond donors (Lipinski definition) is 2. The van der Waals surface area contributed by atoms with Gasteiger partial charge in [-0.05, 0) is 50.5 Å². The fourth-order valence-corrected chi connectivity index (χ4v) is 6.89. The van der Waals surface area contributed by atoms with Crippen molar-refractivity contribution in [1.82, 2.24) is 9.79 Å². The summed E-state index contributed by atoms with van der Waals surface area (Å²) in [6.45, 7) is 11.9. The Morgan fingerprint density at radius 2 is 1.93 bits per heavy atom. The van der Waals surface area contributed by atoms with Gasteiger partial charge in [0.1, 0.15) is 18.4 Å². The third-order valence-electron chi connectivity index (χ3n) is 4.98. The Balaban J connectivity index is 2.45. The van der Waals surface area contributed by atoms with E-state index in [0.29, 0.717) is 5.75 Å². The van der Waals surface area contributed by atoms with Crippen molar-refractivity contribution in [2.45, 2.75) is 62.5 Å². The van der Waals surface area contributed by atoms with Gasteiger partial charge in [-0.15, -0.1) is 17.7 Å². The van der Waals surface area contributed by atoms with Gasteiger partial charge in [0.15, 0.2) is 0 Å². The SMILES string of the molecule is CC#CCOc1ccc(S(=O)(=O)N2C[C@H](C(C)(C)C)SC(C)(C)[C@@H]2C(=O)NO)cc1. The molecule has 0 aliphatic carbocycles. The van der Waals surface area contributed by atoms with Crippen molar-refractivity contribution in [3.63, 3.8) is 0 Å². The number of sulfonamides is 1. The number of hydroxylamine groups is 1. The third kappa shape index (κ3) is 5.30. The van der Waals surface area contributed by atoms with Crippen LogP contribution in [0.5, 0.6) is 5.75 Å². The minimum absolute atomic E-state index is 0.0414. The monoisotopic (exact) mass is 454 g/mol. The van der Waals surface area contributed by atoms with Gasteiger partial charge in [0.25, 0.3) is 5.91 Å². The van der Waals surface area contributed by atoms with Gasteiger partial charge in [0.05, 0.1) is 4.90 Å². The Hall–Kier alpha value is -1.73. The molecule has 1 saturated heterocycles. The summed E-state index contributed by atoms with van der Waals surface area (Å²) in [6, 6.07) is 4.98. The summed E-state index contributed by atoms with van der Waals surface area (Å²) < 4.78 is 33.0. The summed E-state index contributed by atoms with van der Waals surface area (Å²) in [5.74, 6) is 5.26. The molecule has 0 bridgehead atoms. The number of amides is 1. The van der Waals surface area contributed by atoms with Crippen molar-refractivity contribution >= 4 is 27.7 Å². The number of ether oxygens (including phenoxy) is 1. The minimum Gasteiger partial charge on any atom is -0.481 e. The molecule has 1 fully saturated rings. The molecule has 1 aliphatic heterocycles. The van der Waals surface area contributed by atoms with Crippen LogP contribution in [0.25, 0.3) is 0 Å². The van der Waals surface area contributed by atoms with Gasteiger partial charge in [-0.25, -0.2) is 13.9 Å². The Morgan fingerprint density at radius 1 is 1.33 bits per heavy atom. The van der Waals surface area contributed by atoms with Gasteiger partial charge in [-0.2, -0.15) is 4.31 Å². The van der Waals surface area contributed by atoms with Crippen molar-refractivity contribution in [3.05, 3.63) is 24.3 Å². The van der Waals surface area contributed by atoms with E-state index in [1.165, 1.54) is 16.4 Å². The van der Waals surface area contributed by atoms with Crippen molar-refractivity contribution in [1.29, 1.82) is 0 Å². The van der Waals surface area contributed by atoms with Crippen LogP contribution in [0.1, 0.15) is 41.5 Å². The standard InChI is InChI=1S/C21H30N2O5S2/c1-7-8-13-28-15-9-11-16(12-10-15)30(26,27)23-14-17(20(2,3)4)29-21(5,6)18(23)19(24)22-25/h9-12,17-18,25H,13-14H2,1-6H3,(H,22,24)/t17-,18+/m1/s1. The predicted molar refractivity (Wildman–Crippen MR) is 118 cm³/mol. The molecule has 1 aromatic rings. The van der Waals surface area contributed by atoms with Crippen LogP contribution in [-0.2, 0) is 14.8 Å². The molecular weight excluding hydrogens is 424 g/mol. The molecule has 1 aliphatic rings. The van der Waals surface area contributed by atoms with Gasteiger partial charge in [-0.3, -0.25) is 10.0 Å². The van der Waals surface area contributed by atoms with Crippen LogP contribution in [0.2, 0.25) is 0 Å². The number of benzene rings is 1. The van der Waals surface area contributed by atoms with E-state index in [2.05, 4.69) is 11.8 Å². The fourth-order valence-electron chi connectivity index (χ4n) is 3.31. The number of rotatable bonds is 5. The summed E-state index contributed by atoms with van der Waals surface area (Å²) >= 11 is 1.57. The molecule has 1 amide bonds. The van der Waals surface area contributed by atoms with E-state index in [9.17, 15) is 18.4 Å². The maximum absolute atomic E-state index is 13.5. The summed E-state index contributed by atoms with van der Waals surface area (Å²) in [4.78, 5) is 12.6. The molecule has 1 aromatic carbocycles. The molecule has 0 aromatic heterocycles. The highest BCUT2D eigenvalue weighted by Crippen LogP contribution is 2.47. The van der Waals surface area contributed by atoms with Crippen molar-refractivity contribution < 1.29 is 23.2 Å². The van der Waals surface area contributed by atoms with E-state index in [0.717, 1.165) is 0 Å². The highest BCUT2D eigenvalue weighted by atomic mass is 32.2. The van der Waals surface area contributed by atoms with Crippen LogP contribution in [0, 0.1) is 17.3 Å². The van der Waals surface area contributed by atoms with Crippen LogP contribution in [-0.4, -0.2) is 53.0 Å². The molecule has 2 rings (SSSR count). The summed E-state index contributed by atoms with van der Waals surface area (Å²) in [6.07, 6.45) is 0. The van der Waals surface area contributed by atoms with E-state index in [-0.39, 0.29) is 28.7 Å². The molecule has 2 atom stereocenters. The maximum Gasteiger partial charge on any atom is 0.263 e. The zero-order valence-corrected chi connectivity index (χ0v) is 19.9. The second-order valence-corrected chi connectivity index (χ2v) is 12.5. The molecule has 0 unspecified atom stereocenters. The lowest BCUT2D eigenvalue weighted by atomic mass is 9.90. The second kappa shape index (κ2) is 9.18. The number of hydrogen-bond acceptors (Lipinski definition) is 6. The molecule has 2 N–H and O–H groups in total. The molecule has 0 saturated carbocycles. The van der Waals surface area contributed by atoms with Crippen LogP contribution in [0.3, 0.4) is 0 Å². The molecule has 0 spiro atoms. The number of thioether (sulfide) groups is 1. The number of carbonyl (C=O) groups is 1. The predicted octanol–water partition coefficient (Wildman–Crippen LogP) is 2.89. The molecule has 7 nitrogen and oxygen atoms in total. The van der Waals surface area contributed by atoms with Crippen LogP contribution in [0.15, 0.2) is 29.2 Å². The molecule has 0 radical (unpaired) electrons. The zero-order valence-electron chi connectivity index (χ0n) is 18.2. The number of carbonyl (C=O) groups excluding carboxylic acids is 1. The first-order chi connectivity index (χ1) is 13.8.